The van der Waals surface area contributed by atoms with Gasteiger partial charge in [-0.2, -0.15) is 9.40 Å². The molecule has 0 amide bonds. The molecule has 0 unspecified atom stereocenters. The molecule has 1 aromatic carbocycles. The fourth-order valence-corrected chi connectivity index (χ4v) is 4.49. The number of halogens is 1. The van der Waals surface area contributed by atoms with Crippen molar-refractivity contribution in [3.05, 3.63) is 60.7 Å². The number of sulfonamides is 1. The fourth-order valence-electron chi connectivity index (χ4n) is 3.02. The van der Waals surface area contributed by atoms with E-state index in [1.54, 1.807) is 35.3 Å². The van der Waals surface area contributed by atoms with Crippen molar-refractivity contribution in [1.29, 1.82) is 0 Å². The van der Waals surface area contributed by atoms with Gasteiger partial charge in [-0.25, -0.2) is 17.5 Å². The monoisotopic (exact) mass is 403 g/mol. The lowest BCUT2D eigenvalue weighted by Gasteiger charge is -2.31. The molecule has 8 nitrogen and oxygen atoms in total. The molecule has 0 radical (unpaired) electrons. The first-order valence-electron chi connectivity index (χ1n) is 8.78. The summed E-state index contributed by atoms with van der Waals surface area (Å²) < 4.78 is 47.2. The van der Waals surface area contributed by atoms with Gasteiger partial charge >= 0.3 is 0 Å². The number of hydrogen-bond acceptors (Lipinski definition) is 6. The second-order valence-corrected chi connectivity index (χ2v) is 8.29. The molecule has 3 aromatic rings. The van der Waals surface area contributed by atoms with Crippen molar-refractivity contribution in [2.75, 3.05) is 13.1 Å². The summed E-state index contributed by atoms with van der Waals surface area (Å²) in [4.78, 5) is 0.0911. The maximum Gasteiger partial charge on any atom is 0.243 e. The van der Waals surface area contributed by atoms with Gasteiger partial charge in [0.25, 0.3) is 0 Å². The minimum absolute atomic E-state index is 0.0911. The fraction of sp³-hybridized carbons (Fsp3) is 0.278. The molecule has 4 rings (SSSR count). The van der Waals surface area contributed by atoms with Gasteiger partial charge < -0.3 is 4.74 Å². The zero-order valence-electron chi connectivity index (χ0n) is 14.8. The van der Waals surface area contributed by atoms with Crippen molar-refractivity contribution >= 4 is 10.0 Å². The first-order valence-corrected chi connectivity index (χ1v) is 10.2. The highest BCUT2D eigenvalue weighted by molar-refractivity contribution is 7.89. The van der Waals surface area contributed by atoms with Crippen molar-refractivity contribution in [3.63, 3.8) is 0 Å². The van der Waals surface area contributed by atoms with Crippen LogP contribution < -0.4 is 4.74 Å². The van der Waals surface area contributed by atoms with E-state index in [1.807, 2.05) is 0 Å². The van der Waals surface area contributed by atoms with Gasteiger partial charge in [-0.3, -0.25) is 0 Å². The van der Waals surface area contributed by atoms with Crippen molar-refractivity contribution in [3.8, 4) is 11.7 Å². The van der Waals surface area contributed by atoms with E-state index >= 15 is 0 Å². The molecule has 1 fully saturated rings. The van der Waals surface area contributed by atoms with Gasteiger partial charge in [-0.1, -0.05) is 0 Å². The number of piperidine rings is 1. The lowest BCUT2D eigenvalue weighted by atomic mass is 10.1. The Morgan fingerprint density at radius 3 is 2.39 bits per heavy atom. The molecule has 0 bridgehead atoms. The Bertz CT molecular complexity index is 1020. The third-order valence-corrected chi connectivity index (χ3v) is 6.42. The Hall–Kier alpha value is -2.85. The lowest BCUT2D eigenvalue weighted by molar-refractivity contribution is 0.128. The van der Waals surface area contributed by atoms with Crippen molar-refractivity contribution in [2.24, 2.45) is 0 Å². The molecule has 28 heavy (non-hydrogen) atoms. The van der Waals surface area contributed by atoms with E-state index in [0.29, 0.717) is 37.6 Å². The molecule has 1 saturated heterocycles. The van der Waals surface area contributed by atoms with Crippen LogP contribution in [0, 0.1) is 5.82 Å². The van der Waals surface area contributed by atoms with Crippen LogP contribution in [0.15, 0.2) is 59.8 Å². The lowest BCUT2D eigenvalue weighted by Crippen LogP contribution is -2.41. The normalized spacial score (nSPS) is 16.2. The van der Waals surface area contributed by atoms with E-state index in [0.717, 1.165) is 12.1 Å². The Balaban J connectivity index is 1.36. The predicted octanol–water partition coefficient (Wildman–Crippen LogP) is 2.03. The number of hydrogen-bond donors (Lipinski definition) is 0. The largest absolute Gasteiger partial charge is 0.473 e. The molecule has 0 N–H and O–H groups in total. The Kier molecular flexibility index (Phi) is 5.05. The van der Waals surface area contributed by atoms with E-state index in [1.165, 1.54) is 16.4 Å². The summed E-state index contributed by atoms with van der Waals surface area (Å²) in [7, 11) is -3.63. The van der Waals surface area contributed by atoms with E-state index in [4.69, 9.17) is 4.74 Å². The predicted molar refractivity (Wildman–Crippen MR) is 98.0 cm³/mol. The number of benzene rings is 1. The molecular weight excluding hydrogens is 385 g/mol. The van der Waals surface area contributed by atoms with Crippen LogP contribution in [-0.4, -0.2) is 51.9 Å². The van der Waals surface area contributed by atoms with Gasteiger partial charge in [0.2, 0.25) is 15.9 Å². The average molecular weight is 403 g/mol. The Morgan fingerprint density at radius 2 is 1.79 bits per heavy atom. The molecule has 1 aliphatic rings. The quantitative estimate of drug-likeness (QED) is 0.648. The molecular formula is C18H18FN5O3S. The Morgan fingerprint density at radius 1 is 1.04 bits per heavy atom. The summed E-state index contributed by atoms with van der Waals surface area (Å²) in [5.41, 5.74) is 0. The molecule has 0 saturated carbocycles. The number of ether oxygens (including phenoxy) is 1. The van der Waals surface area contributed by atoms with Crippen LogP contribution >= 0.6 is 0 Å². The third-order valence-electron chi connectivity index (χ3n) is 4.50. The number of aromatic nitrogens is 4. The molecule has 146 valence electrons. The summed E-state index contributed by atoms with van der Waals surface area (Å²) in [5.74, 6) is 0.499. The summed E-state index contributed by atoms with van der Waals surface area (Å²) in [5, 5.41) is 12.2. The van der Waals surface area contributed by atoms with Crippen molar-refractivity contribution < 1.29 is 17.5 Å². The third kappa shape index (κ3) is 3.87. The molecule has 3 heterocycles. The van der Waals surface area contributed by atoms with E-state index in [9.17, 15) is 12.8 Å². The molecule has 0 spiro atoms. The maximum absolute atomic E-state index is 13.0. The van der Waals surface area contributed by atoms with Gasteiger partial charge in [0.05, 0.1) is 4.90 Å². The standard InChI is InChI=1S/C18H18FN5O3S/c19-14-2-4-16(5-3-14)28(25,26)23-12-8-15(9-13-23)27-18-7-6-17(21-22-18)24-11-1-10-20-24/h1-7,10-11,15H,8-9,12-13H2. The van der Waals surface area contributed by atoms with Crippen LogP contribution in [0.3, 0.4) is 0 Å². The van der Waals surface area contributed by atoms with Gasteiger partial charge in [-0.05, 0) is 49.2 Å². The van der Waals surface area contributed by atoms with Crippen LogP contribution in [0.25, 0.3) is 5.82 Å². The van der Waals surface area contributed by atoms with Gasteiger partial charge in [0, 0.05) is 31.5 Å². The van der Waals surface area contributed by atoms with Crippen molar-refractivity contribution in [2.45, 2.75) is 23.8 Å². The van der Waals surface area contributed by atoms with Crippen LogP contribution in [0.4, 0.5) is 4.39 Å². The van der Waals surface area contributed by atoms with E-state index < -0.39 is 15.8 Å². The van der Waals surface area contributed by atoms with Crippen LogP contribution in [-0.2, 0) is 10.0 Å². The number of nitrogens with zero attached hydrogens (tertiary/aromatic N) is 5. The maximum atomic E-state index is 13.0. The molecule has 1 aliphatic heterocycles. The first-order chi connectivity index (χ1) is 13.5. The van der Waals surface area contributed by atoms with Gasteiger partial charge in [0.1, 0.15) is 11.9 Å². The second kappa shape index (κ2) is 7.64. The average Bonchev–Trinajstić information content (AvgIpc) is 3.24. The van der Waals surface area contributed by atoms with Crippen molar-refractivity contribution in [1.82, 2.24) is 24.3 Å². The highest BCUT2D eigenvalue weighted by Gasteiger charge is 2.30. The van der Waals surface area contributed by atoms with Crippen LogP contribution in [0.2, 0.25) is 0 Å². The summed E-state index contributed by atoms with van der Waals surface area (Å²) in [6, 6.07) is 10.1. The summed E-state index contributed by atoms with van der Waals surface area (Å²) in [6.07, 6.45) is 4.33. The van der Waals surface area contributed by atoms with Gasteiger partial charge in [0.15, 0.2) is 5.82 Å². The smallest absolute Gasteiger partial charge is 0.243 e. The topological polar surface area (TPSA) is 90.2 Å². The zero-order chi connectivity index (χ0) is 19.6. The molecule has 0 atom stereocenters. The highest BCUT2D eigenvalue weighted by atomic mass is 32.2. The van der Waals surface area contributed by atoms with Crippen LogP contribution in [0.1, 0.15) is 12.8 Å². The first kappa shape index (κ1) is 18.5. The molecule has 10 heteroatoms. The molecule has 0 aliphatic carbocycles. The van der Waals surface area contributed by atoms with Crippen LogP contribution in [0.5, 0.6) is 5.88 Å². The zero-order valence-corrected chi connectivity index (χ0v) is 15.7. The molecule has 2 aromatic heterocycles. The highest BCUT2D eigenvalue weighted by Crippen LogP contribution is 2.23. The van der Waals surface area contributed by atoms with E-state index in [2.05, 4.69) is 15.3 Å². The minimum atomic E-state index is -3.63. The Labute approximate surface area is 161 Å². The SMILES string of the molecule is O=S(=O)(c1ccc(F)cc1)N1CCC(Oc2ccc(-n3cccn3)nn2)CC1. The van der Waals surface area contributed by atoms with E-state index in [-0.39, 0.29) is 11.0 Å². The summed E-state index contributed by atoms with van der Waals surface area (Å²) >= 11 is 0. The second-order valence-electron chi connectivity index (χ2n) is 6.36. The van der Waals surface area contributed by atoms with Gasteiger partial charge in [-0.15, -0.1) is 10.2 Å². The minimum Gasteiger partial charge on any atom is -0.473 e. The summed E-state index contributed by atoms with van der Waals surface area (Å²) in [6.45, 7) is 0.645. The number of rotatable bonds is 5.